The molecule has 2 aromatic rings. The van der Waals surface area contributed by atoms with Gasteiger partial charge in [-0.15, -0.1) is 0 Å². The summed E-state index contributed by atoms with van der Waals surface area (Å²) >= 11 is 0. The molecule has 3 aliphatic carbocycles. The highest BCUT2D eigenvalue weighted by molar-refractivity contribution is 6.47. The van der Waals surface area contributed by atoms with E-state index in [2.05, 4.69) is 27.7 Å². The molecule has 0 unspecified atom stereocenters. The first-order valence-corrected chi connectivity index (χ1v) is 14.3. The lowest BCUT2D eigenvalue weighted by molar-refractivity contribution is -0.199. The first-order valence-electron chi connectivity index (χ1n) is 14.3. The molecule has 2 bridgehead atoms. The summed E-state index contributed by atoms with van der Waals surface area (Å²) in [6, 6.07) is 13.7. The number of benzene rings is 2. The highest BCUT2D eigenvalue weighted by Crippen LogP contribution is 2.66. The second kappa shape index (κ2) is 10.2. The minimum Gasteiger partial charge on any atom is -0.495 e. The summed E-state index contributed by atoms with van der Waals surface area (Å²) in [4.78, 5) is 13.4. The zero-order chi connectivity index (χ0) is 28.2. The molecule has 1 saturated heterocycles. The Morgan fingerprint density at radius 3 is 2.46 bits per heavy atom. The molecule has 0 spiro atoms. The number of rotatable bonds is 8. The van der Waals surface area contributed by atoms with Crippen LogP contribution in [0.1, 0.15) is 82.8 Å². The minimum absolute atomic E-state index is 0.0595. The van der Waals surface area contributed by atoms with Crippen molar-refractivity contribution in [2.24, 2.45) is 17.3 Å². The fourth-order valence-corrected chi connectivity index (χ4v) is 6.97. The Labute approximate surface area is 233 Å². The molecule has 0 amide bonds. The van der Waals surface area contributed by atoms with Gasteiger partial charge in [-0.1, -0.05) is 57.2 Å². The lowest BCUT2D eigenvalue weighted by Gasteiger charge is -2.64. The van der Waals surface area contributed by atoms with E-state index in [-0.39, 0.29) is 24.6 Å². The normalized spacial score (nSPS) is 27.8. The molecule has 3 saturated carbocycles. The second-order valence-electron chi connectivity index (χ2n) is 13.4. The van der Waals surface area contributed by atoms with E-state index in [0.717, 1.165) is 17.5 Å². The quantitative estimate of drug-likeness (QED) is 0.272. The van der Waals surface area contributed by atoms with Gasteiger partial charge in [-0.2, -0.15) is 0 Å². The van der Waals surface area contributed by atoms with Crippen molar-refractivity contribution in [3.63, 3.8) is 0 Å². The number of carbonyl (C=O) groups is 1. The van der Waals surface area contributed by atoms with Crippen LogP contribution in [-0.2, 0) is 27.1 Å². The molecule has 210 valence electrons. The van der Waals surface area contributed by atoms with Gasteiger partial charge in [-0.3, -0.25) is 0 Å². The highest BCUT2D eigenvalue weighted by atomic mass is 16.7. The predicted octanol–water partition coefficient (Wildman–Crippen LogP) is 6.89. The number of methoxy groups -OCH3 is 1. The van der Waals surface area contributed by atoms with Crippen LogP contribution in [0.4, 0.5) is 0 Å². The standard InChI is InChI=1S/C32H43BO6/c1-20(33-38-26-18-23-17-25(31(23,5)6)32(26,7)39-33)16-22-14-15-24(36-19-21-12-10-9-11-13-21)27(28(22)35-8)29(34)37-30(2,3)4/h9-15,20,23,25-26H,16-19H2,1-8H3/t20-,23+,25+,26-,32+/m1/s1. The van der Waals surface area contributed by atoms with Crippen molar-refractivity contribution in [1.82, 2.24) is 0 Å². The molecule has 7 heteroatoms. The smallest absolute Gasteiger partial charge is 0.461 e. The lowest BCUT2D eigenvalue weighted by Crippen LogP contribution is -2.65. The van der Waals surface area contributed by atoms with E-state index in [1.165, 1.54) is 6.42 Å². The first kappa shape index (κ1) is 28.0. The third-order valence-corrected chi connectivity index (χ3v) is 9.22. The van der Waals surface area contributed by atoms with E-state index in [1.54, 1.807) is 7.11 Å². The number of carbonyl (C=O) groups excluding carboxylic acids is 1. The van der Waals surface area contributed by atoms with Gasteiger partial charge in [0.15, 0.2) is 0 Å². The first-order chi connectivity index (χ1) is 18.3. The fourth-order valence-electron chi connectivity index (χ4n) is 6.97. The minimum atomic E-state index is -0.659. The molecule has 4 fully saturated rings. The van der Waals surface area contributed by atoms with Crippen LogP contribution in [0, 0.1) is 17.3 Å². The van der Waals surface area contributed by atoms with Gasteiger partial charge in [0.25, 0.3) is 0 Å². The Kier molecular flexibility index (Phi) is 7.30. The van der Waals surface area contributed by atoms with Gasteiger partial charge in [0.05, 0.1) is 18.8 Å². The van der Waals surface area contributed by atoms with Crippen molar-refractivity contribution >= 4 is 13.1 Å². The summed E-state index contributed by atoms with van der Waals surface area (Å²) < 4.78 is 31.1. The summed E-state index contributed by atoms with van der Waals surface area (Å²) in [6.45, 7) is 15.0. The van der Waals surface area contributed by atoms with Crippen molar-refractivity contribution in [3.05, 3.63) is 59.2 Å². The fraction of sp³-hybridized carbons (Fsp3) is 0.594. The van der Waals surface area contributed by atoms with Crippen LogP contribution in [0.25, 0.3) is 0 Å². The largest absolute Gasteiger partial charge is 0.495 e. The average molecular weight is 535 g/mol. The zero-order valence-corrected chi connectivity index (χ0v) is 24.7. The third-order valence-electron chi connectivity index (χ3n) is 9.22. The van der Waals surface area contributed by atoms with Crippen molar-refractivity contribution in [2.45, 2.75) is 97.5 Å². The van der Waals surface area contributed by atoms with E-state index < -0.39 is 11.6 Å². The molecule has 0 N–H and O–H groups in total. The van der Waals surface area contributed by atoms with Crippen LogP contribution in [0.15, 0.2) is 42.5 Å². The van der Waals surface area contributed by atoms with Crippen LogP contribution in [0.2, 0.25) is 5.82 Å². The summed E-state index contributed by atoms with van der Waals surface area (Å²) in [5.74, 6) is 1.73. The number of hydrogen-bond acceptors (Lipinski definition) is 6. The molecule has 0 aromatic heterocycles. The highest BCUT2D eigenvalue weighted by Gasteiger charge is 2.68. The Morgan fingerprint density at radius 1 is 1.10 bits per heavy atom. The summed E-state index contributed by atoms with van der Waals surface area (Å²) in [6.07, 6.45) is 3.04. The molecule has 1 heterocycles. The maximum atomic E-state index is 13.4. The number of esters is 1. The van der Waals surface area contributed by atoms with Gasteiger partial charge in [0, 0.05) is 0 Å². The van der Waals surface area contributed by atoms with E-state index in [9.17, 15) is 4.79 Å². The van der Waals surface area contributed by atoms with E-state index in [0.29, 0.717) is 47.3 Å². The van der Waals surface area contributed by atoms with E-state index in [1.807, 2.05) is 63.2 Å². The van der Waals surface area contributed by atoms with E-state index >= 15 is 0 Å². The molecular formula is C32H43BO6. The van der Waals surface area contributed by atoms with E-state index in [4.69, 9.17) is 23.5 Å². The molecule has 6 nitrogen and oxygen atoms in total. The summed E-state index contributed by atoms with van der Waals surface area (Å²) in [7, 11) is 1.28. The molecule has 2 aromatic carbocycles. The van der Waals surface area contributed by atoms with Crippen molar-refractivity contribution < 1.29 is 28.3 Å². The summed E-state index contributed by atoms with van der Waals surface area (Å²) in [5, 5.41) is 0. The van der Waals surface area contributed by atoms with Gasteiger partial charge >= 0.3 is 13.1 Å². The maximum Gasteiger partial charge on any atom is 0.461 e. The van der Waals surface area contributed by atoms with Gasteiger partial charge in [-0.25, -0.2) is 4.79 Å². The van der Waals surface area contributed by atoms with Crippen LogP contribution in [0.3, 0.4) is 0 Å². The van der Waals surface area contributed by atoms with Crippen LogP contribution >= 0.6 is 0 Å². The van der Waals surface area contributed by atoms with Crippen LogP contribution in [-0.4, -0.2) is 37.5 Å². The molecule has 0 radical (unpaired) electrons. The van der Waals surface area contributed by atoms with Crippen molar-refractivity contribution in [3.8, 4) is 11.5 Å². The zero-order valence-electron chi connectivity index (χ0n) is 24.7. The lowest BCUT2D eigenvalue weighted by atomic mass is 9.43. The van der Waals surface area contributed by atoms with Crippen LogP contribution in [0.5, 0.6) is 11.5 Å². The Hall–Kier alpha value is -2.51. The Balaban J connectivity index is 1.39. The van der Waals surface area contributed by atoms with Gasteiger partial charge in [0.1, 0.15) is 29.3 Å². The average Bonchev–Trinajstić information content (AvgIpc) is 3.24. The SMILES string of the molecule is COc1c(C[C@@H](C)B2O[C@@H]3C[C@@H]4C[C@@H](C4(C)C)[C@]3(C)O2)ccc(OCc2ccccc2)c1C(=O)OC(C)(C)C. The predicted molar refractivity (Wildman–Crippen MR) is 152 cm³/mol. The number of hydrogen-bond donors (Lipinski definition) is 0. The third kappa shape index (κ3) is 5.20. The molecule has 5 atom stereocenters. The molecule has 1 aliphatic heterocycles. The Bertz CT molecular complexity index is 1210. The van der Waals surface area contributed by atoms with Gasteiger partial charge in [0.2, 0.25) is 0 Å². The Morgan fingerprint density at radius 2 is 1.82 bits per heavy atom. The maximum absolute atomic E-state index is 13.4. The van der Waals surface area contributed by atoms with Gasteiger partial charge < -0.3 is 23.5 Å². The molecule has 6 rings (SSSR count). The topological polar surface area (TPSA) is 63.2 Å². The van der Waals surface area contributed by atoms with Crippen LogP contribution < -0.4 is 9.47 Å². The second-order valence-corrected chi connectivity index (χ2v) is 13.4. The molecule has 4 aliphatic rings. The van der Waals surface area contributed by atoms with Gasteiger partial charge in [-0.05, 0) is 87.2 Å². The summed E-state index contributed by atoms with van der Waals surface area (Å²) in [5.41, 5.74) is 1.61. The molecular weight excluding hydrogens is 491 g/mol. The van der Waals surface area contributed by atoms with Crippen molar-refractivity contribution in [2.75, 3.05) is 7.11 Å². The number of ether oxygens (including phenoxy) is 3. The monoisotopic (exact) mass is 534 g/mol. The van der Waals surface area contributed by atoms with Crippen molar-refractivity contribution in [1.29, 1.82) is 0 Å². The molecule has 39 heavy (non-hydrogen) atoms.